The van der Waals surface area contributed by atoms with E-state index >= 15 is 0 Å². The number of carboxylic acids is 1. The first kappa shape index (κ1) is 15.1. The number of aryl methyl sites for hydroxylation is 1. The first-order chi connectivity index (χ1) is 12.2. The molecule has 0 aliphatic rings. The number of methoxy groups -OCH3 is 1. The first-order valence-electron chi connectivity index (χ1n) is 7.74. The highest BCUT2D eigenvalue weighted by molar-refractivity contribution is 5.76. The van der Waals surface area contributed by atoms with Gasteiger partial charge in [-0.2, -0.15) is 5.10 Å². The van der Waals surface area contributed by atoms with Crippen molar-refractivity contribution in [2.75, 3.05) is 7.11 Å². The molecular formula is C17H15N5O3. The molecule has 0 fully saturated rings. The van der Waals surface area contributed by atoms with E-state index in [4.69, 9.17) is 9.84 Å². The standard InChI is InChI=1S/C17H15N5O3/c1-25-12-4-2-11(3-5-12)13-10-14-17-19-18-15(6-7-16(23)24)21(17)8-9-22(14)20-13/h2-5,8-10H,6-7H2,1H3,(H,23,24). The Morgan fingerprint density at radius 1 is 1.20 bits per heavy atom. The number of aliphatic carboxylic acids is 1. The lowest BCUT2D eigenvalue weighted by Gasteiger charge is -2.00. The molecule has 0 radical (unpaired) electrons. The van der Waals surface area contributed by atoms with Crippen molar-refractivity contribution in [3.63, 3.8) is 0 Å². The van der Waals surface area contributed by atoms with Gasteiger partial charge in [0, 0.05) is 24.4 Å². The van der Waals surface area contributed by atoms with Gasteiger partial charge in [0.15, 0.2) is 5.65 Å². The molecule has 3 aromatic heterocycles. The van der Waals surface area contributed by atoms with Gasteiger partial charge in [0.25, 0.3) is 0 Å². The Labute approximate surface area is 142 Å². The molecule has 0 aliphatic carbocycles. The smallest absolute Gasteiger partial charge is 0.303 e. The van der Waals surface area contributed by atoms with Crippen molar-refractivity contribution in [1.82, 2.24) is 24.2 Å². The minimum absolute atomic E-state index is 0.0162. The van der Waals surface area contributed by atoms with Crippen molar-refractivity contribution in [3.05, 3.63) is 48.5 Å². The van der Waals surface area contributed by atoms with Crippen molar-refractivity contribution in [2.24, 2.45) is 0 Å². The van der Waals surface area contributed by atoms with Crippen molar-refractivity contribution >= 4 is 17.1 Å². The van der Waals surface area contributed by atoms with Gasteiger partial charge >= 0.3 is 5.97 Å². The third-order valence-electron chi connectivity index (χ3n) is 4.04. The Balaban J connectivity index is 1.77. The van der Waals surface area contributed by atoms with Crippen LogP contribution in [0.2, 0.25) is 0 Å². The van der Waals surface area contributed by atoms with Gasteiger partial charge in [-0.25, -0.2) is 4.52 Å². The van der Waals surface area contributed by atoms with E-state index in [0.29, 0.717) is 17.9 Å². The molecule has 0 saturated heterocycles. The average molecular weight is 337 g/mol. The summed E-state index contributed by atoms with van der Waals surface area (Å²) >= 11 is 0. The van der Waals surface area contributed by atoms with E-state index in [1.165, 1.54) is 0 Å². The molecule has 4 rings (SSSR count). The number of hydrogen-bond acceptors (Lipinski definition) is 5. The molecule has 4 aromatic rings. The van der Waals surface area contributed by atoms with Crippen molar-refractivity contribution in [2.45, 2.75) is 12.8 Å². The second-order valence-electron chi connectivity index (χ2n) is 5.59. The highest BCUT2D eigenvalue weighted by atomic mass is 16.5. The van der Waals surface area contributed by atoms with Crippen LogP contribution >= 0.6 is 0 Å². The maximum atomic E-state index is 10.8. The van der Waals surface area contributed by atoms with E-state index in [1.807, 2.05) is 36.5 Å². The molecule has 1 aromatic carbocycles. The molecule has 8 nitrogen and oxygen atoms in total. The molecule has 0 saturated carbocycles. The van der Waals surface area contributed by atoms with Gasteiger partial charge in [0.05, 0.1) is 19.2 Å². The lowest BCUT2D eigenvalue weighted by atomic mass is 10.1. The summed E-state index contributed by atoms with van der Waals surface area (Å²) < 4.78 is 8.72. The summed E-state index contributed by atoms with van der Waals surface area (Å²) in [6.45, 7) is 0. The van der Waals surface area contributed by atoms with E-state index in [2.05, 4.69) is 15.3 Å². The predicted octanol–water partition coefficient (Wildman–Crippen LogP) is 2.07. The Morgan fingerprint density at radius 3 is 2.72 bits per heavy atom. The number of benzene rings is 1. The Bertz CT molecular complexity index is 1070. The Hall–Kier alpha value is -3.42. The van der Waals surface area contributed by atoms with Gasteiger partial charge in [-0.1, -0.05) is 0 Å². The Kier molecular flexibility index (Phi) is 3.57. The van der Waals surface area contributed by atoms with Crippen molar-refractivity contribution in [3.8, 4) is 17.0 Å². The van der Waals surface area contributed by atoms with Crippen LogP contribution in [0.4, 0.5) is 0 Å². The monoisotopic (exact) mass is 337 g/mol. The van der Waals surface area contributed by atoms with Crippen LogP contribution in [0.5, 0.6) is 5.75 Å². The molecule has 0 unspecified atom stereocenters. The van der Waals surface area contributed by atoms with E-state index in [0.717, 1.165) is 22.5 Å². The summed E-state index contributed by atoms with van der Waals surface area (Å²) in [4.78, 5) is 10.8. The molecule has 3 heterocycles. The molecule has 0 amide bonds. The van der Waals surface area contributed by atoms with Crippen LogP contribution in [0.25, 0.3) is 22.4 Å². The molecule has 0 aliphatic heterocycles. The molecule has 1 N–H and O–H groups in total. The minimum Gasteiger partial charge on any atom is -0.497 e. The number of carbonyl (C=O) groups is 1. The number of aromatic nitrogens is 5. The SMILES string of the molecule is COc1ccc(-c2cc3c4nnc(CCC(=O)O)n4ccn3n2)cc1. The number of fused-ring (bicyclic) bond motifs is 3. The topological polar surface area (TPSA) is 94.0 Å². The molecule has 0 atom stereocenters. The minimum atomic E-state index is -0.857. The molecule has 25 heavy (non-hydrogen) atoms. The zero-order valence-electron chi connectivity index (χ0n) is 13.5. The van der Waals surface area contributed by atoms with Gasteiger partial charge in [-0.3, -0.25) is 9.20 Å². The van der Waals surface area contributed by atoms with Gasteiger partial charge < -0.3 is 9.84 Å². The van der Waals surface area contributed by atoms with Crippen LogP contribution in [0.15, 0.2) is 42.7 Å². The number of hydrogen-bond donors (Lipinski definition) is 1. The predicted molar refractivity (Wildman–Crippen MR) is 89.7 cm³/mol. The van der Waals surface area contributed by atoms with Crippen LogP contribution in [0.1, 0.15) is 12.2 Å². The fourth-order valence-electron chi connectivity index (χ4n) is 2.75. The summed E-state index contributed by atoms with van der Waals surface area (Å²) in [5, 5.41) is 21.7. The van der Waals surface area contributed by atoms with Gasteiger partial charge in [0.2, 0.25) is 0 Å². The fraction of sp³-hybridized carbons (Fsp3) is 0.176. The average Bonchev–Trinajstić information content (AvgIpc) is 3.23. The zero-order valence-corrected chi connectivity index (χ0v) is 13.5. The van der Waals surface area contributed by atoms with Crippen LogP contribution in [0.3, 0.4) is 0 Å². The number of rotatable bonds is 5. The fourth-order valence-corrected chi connectivity index (χ4v) is 2.75. The van der Waals surface area contributed by atoms with Crippen molar-refractivity contribution < 1.29 is 14.6 Å². The van der Waals surface area contributed by atoms with Crippen molar-refractivity contribution in [1.29, 1.82) is 0 Å². The second-order valence-corrected chi connectivity index (χ2v) is 5.59. The van der Waals surface area contributed by atoms with E-state index < -0.39 is 5.97 Å². The van der Waals surface area contributed by atoms with Gasteiger partial charge in [-0.15, -0.1) is 10.2 Å². The second kappa shape index (κ2) is 5.90. The quantitative estimate of drug-likeness (QED) is 0.599. The number of carboxylic acid groups (broad SMARTS) is 1. The van der Waals surface area contributed by atoms with E-state index in [9.17, 15) is 4.79 Å². The lowest BCUT2D eigenvalue weighted by molar-refractivity contribution is -0.137. The van der Waals surface area contributed by atoms with E-state index in [-0.39, 0.29) is 6.42 Å². The van der Waals surface area contributed by atoms with Gasteiger partial charge in [-0.05, 0) is 30.3 Å². The molecule has 126 valence electrons. The summed E-state index contributed by atoms with van der Waals surface area (Å²) in [5.41, 5.74) is 3.23. The summed E-state index contributed by atoms with van der Waals surface area (Å²) in [6, 6.07) is 9.60. The number of nitrogens with zero attached hydrogens (tertiary/aromatic N) is 5. The highest BCUT2D eigenvalue weighted by Crippen LogP contribution is 2.24. The van der Waals surface area contributed by atoms with Crippen LogP contribution < -0.4 is 4.74 Å². The third-order valence-corrected chi connectivity index (χ3v) is 4.04. The number of ether oxygens (including phenoxy) is 1. The zero-order chi connectivity index (χ0) is 17.4. The molecular weight excluding hydrogens is 322 g/mol. The summed E-state index contributed by atoms with van der Waals surface area (Å²) in [7, 11) is 1.63. The molecule has 0 bridgehead atoms. The third kappa shape index (κ3) is 2.67. The normalized spacial score (nSPS) is 11.2. The summed E-state index contributed by atoms with van der Waals surface area (Å²) in [5.74, 6) is 0.548. The van der Waals surface area contributed by atoms with Crippen LogP contribution in [-0.4, -0.2) is 42.4 Å². The molecule has 8 heteroatoms. The van der Waals surface area contributed by atoms with Gasteiger partial charge in [0.1, 0.15) is 17.1 Å². The summed E-state index contributed by atoms with van der Waals surface area (Å²) in [6.07, 6.45) is 3.95. The highest BCUT2D eigenvalue weighted by Gasteiger charge is 2.13. The lowest BCUT2D eigenvalue weighted by Crippen LogP contribution is -2.02. The largest absolute Gasteiger partial charge is 0.497 e. The van der Waals surface area contributed by atoms with Crippen LogP contribution in [-0.2, 0) is 11.2 Å². The van der Waals surface area contributed by atoms with E-state index in [1.54, 1.807) is 22.2 Å². The maximum Gasteiger partial charge on any atom is 0.303 e. The molecule has 0 spiro atoms. The Morgan fingerprint density at radius 2 is 2.00 bits per heavy atom. The van der Waals surface area contributed by atoms with Crippen LogP contribution in [0, 0.1) is 0 Å². The first-order valence-corrected chi connectivity index (χ1v) is 7.74. The maximum absolute atomic E-state index is 10.8.